The number of ether oxygens (including phenoxy) is 3. The summed E-state index contributed by atoms with van der Waals surface area (Å²) in [6.45, 7) is 4.73. The molecule has 0 fully saturated rings. The van der Waals surface area contributed by atoms with Crippen molar-refractivity contribution in [3.63, 3.8) is 0 Å². The topological polar surface area (TPSA) is 53.5 Å². The molecule has 1 heterocycles. The van der Waals surface area contributed by atoms with Gasteiger partial charge in [-0.1, -0.05) is 26.3 Å². The lowest BCUT2D eigenvalue weighted by Gasteiger charge is -2.17. The number of benzene rings is 1. The number of hydrogen-bond acceptors (Lipinski definition) is 5. The van der Waals surface area contributed by atoms with Crippen molar-refractivity contribution in [2.45, 2.75) is 45.6 Å². The lowest BCUT2D eigenvalue weighted by Crippen LogP contribution is -2.20. The van der Waals surface area contributed by atoms with Crippen molar-refractivity contribution in [2.24, 2.45) is 0 Å². The van der Waals surface area contributed by atoms with Crippen LogP contribution in [0.2, 0.25) is 0 Å². The number of aryl methyl sites for hydroxylation is 1. The minimum absolute atomic E-state index is 0.0860. The van der Waals surface area contributed by atoms with Crippen LogP contribution < -0.4 is 9.47 Å². The van der Waals surface area contributed by atoms with Crippen LogP contribution in [0, 0.1) is 0 Å². The summed E-state index contributed by atoms with van der Waals surface area (Å²) in [7, 11) is 3.37. The van der Waals surface area contributed by atoms with Gasteiger partial charge in [-0.25, -0.2) is 9.97 Å². The molecular weight excluding hydrogens is 316 g/mol. The van der Waals surface area contributed by atoms with E-state index >= 15 is 0 Å². The fraction of sp³-hybridized carbons (Fsp3) is 0.500. The second-order valence-corrected chi connectivity index (χ2v) is 5.94. The van der Waals surface area contributed by atoms with Gasteiger partial charge in [0.05, 0.1) is 13.2 Å². The first-order valence-corrected chi connectivity index (χ1v) is 8.83. The SMILES string of the molecule is CCC[C@H](COc1cc(Cc2nccc(CC)n2)ccc1OC)OC. The average molecular weight is 344 g/mol. The zero-order valence-corrected chi connectivity index (χ0v) is 15.6. The molecule has 1 aromatic carbocycles. The van der Waals surface area contributed by atoms with E-state index in [2.05, 4.69) is 23.8 Å². The van der Waals surface area contributed by atoms with Crippen LogP contribution >= 0.6 is 0 Å². The summed E-state index contributed by atoms with van der Waals surface area (Å²) in [4.78, 5) is 8.93. The zero-order valence-electron chi connectivity index (χ0n) is 15.6. The van der Waals surface area contributed by atoms with Gasteiger partial charge in [0.2, 0.25) is 0 Å². The maximum absolute atomic E-state index is 5.97. The van der Waals surface area contributed by atoms with Crippen LogP contribution in [0.25, 0.3) is 0 Å². The minimum Gasteiger partial charge on any atom is -0.493 e. The normalized spacial score (nSPS) is 12.0. The Labute approximate surface area is 150 Å². The van der Waals surface area contributed by atoms with E-state index < -0.39 is 0 Å². The summed E-state index contributed by atoms with van der Waals surface area (Å²) < 4.78 is 16.8. The molecule has 0 aliphatic heterocycles. The summed E-state index contributed by atoms with van der Waals surface area (Å²) in [5.74, 6) is 2.26. The smallest absolute Gasteiger partial charge is 0.161 e. The molecule has 2 rings (SSSR count). The van der Waals surface area contributed by atoms with Gasteiger partial charge in [0.25, 0.3) is 0 Å². The van der Waals surface area contributed by atoms with E-state index in [1.165, 1.54) is 0 Å². The van der Waals surface area contributed by atoms with Gasteiger partial charge in [0, 0.05) is 25.4 Å². The summed E-state index contributed by atoms with van der Waals surface area (Å²) in [6, 6.07) is 7.90. The van der Waals surface area contributed by atoms with Crippen LogP contribution in [0.1, 0.15) is 43.8 Å². The van der Waals surface area contributed by atoms with Crippen molar-refractivity contribution in [1.82, 2.24) is 9.97 Å². The molecule has 0 spiro atoms. The van der Waals surface area contributed by atoms with Gasteiger partial charge in [0.1, 0.15) is 12.4 Å². The predicted molar refractivity (Wildman–Crippen MR) is 98.4 cm³/mol. The monoisotopic (exact) mass is 344 g/mol. The summed E-state index contributed by atoms with van der Waals surface area (Å²) in [6.07, 6.45) is 5.50. The molecule has 0 radical (unpaired) electrons. The van der Waals surface area contributed by atoms with E-state index in [0.29, 0.717) is 13.0 Å². The van der Waals surface area contributed by atoms with Crippen LogP contribution in [-0.2, 0) is 17.6 Å². The molecule has 0 amide bonds. The van der Waals surface area contributed by atoms with Crippen LogP contribution in [0.15, 0.2) is 30.5 Å². The van der Waals surface area contributed by atoms with Crippen LogP contribution in [-0.4, -0.2) is 36.9 Å². The standard InChI is InChI=1S/C20H28N2O3/c1-5-7-17(23-3)14-25-19-12-15(8-9-18(19)24-4)13-20-21-11-10-16(6-2)22-20/h8-12,17H,5-7,13-14H2,1-4H3/t17-/m1/s1. The van der Waals surface area contributed by atoms with Crippen molar-refractivity contribution in [1.29, 1.82) is 0 Å². The average Bonchev–Trinajstić information content (AvgIpc) is 2.65. The van der Waals surface area contributed by atoms with Gasteiger partial charge in [0.15, 0.2) is 11.5 Å². The van der Waals surface area contributed by atoms with Gasteiger partial charge >= 0.3 is 0 Å². The first-order valence-electron chi connectivity index (χ1n) is 8.83. The van der Waals surface area contributed by atoms with Crippen LogP contribution in [0.4, 0.5) is 0 Å². The molecule has 1 aromatic heterocycles. The first-order chi connectivity index (χ1) is 12.2. The number of methoxy groups -OCH3 is 2. The molecule has 1 atom stereocenters. The fourth-order valence-electron chi connectivity index (χ4n) is 2.62. The van der Waals surface area contributed by atoms with Crippen molar-refractivity contribution < 1.29 is 14.2 Å². The predicted octanol–water partition coefficient (Wildman–Crippen LogP) is 3.83. The van der Waals surface area contributed by atoms with Crippen molar-refractivity contribution in [3.05, 3.63) is 47.5 Å². The highest BCUT2D eigenvalue weighted by Gasteiger charge is 2.12. The van der Waals surface area contributed by atoms with Gasteiger partial charge in [-0.05, 0) is 36.6 Å². The molecule has 0 aliphatic rings. The van der Waals surface area contributed by atoms with Crippen molar-refractivity contribution in [3.8, 4) is 11.5 Å². The number of aromatic nitrogens is 2. The van der Waals surface area contributed by atoms with E-state index in [1.807, 2.05) is 30.5 Å². The quantitative estimate of drug-likeness (QED) is 0.655. The summed E-state index contributed by atoms with van der Waals surface area (Å²) >= 11 is 0. The van der Waals surface area contributed by atoms with Crippen LogP contribution in [0.5, 0.6) is 11.5 Å². The van der Waals surface area contributed by atoms with Gasteiger partial charge < -0.3 is 14.2 Å². The number of nitrogens with zero attached hydrogens (tertiary/aromatic N) is 2. The molecular formula is C20H28N2O3. The highest BCUT2D eigenvalue weighted by molar-refractivity contribution is 5.43. The fourth-order valence-corrected chi connectivity index (χ4v) is 2.62. The Morgan fingerprint density at radius 3 is 2.60 bits per heavy atom. The van der Waals surface area contributed by atoms with Gasteiger partial charge in [-0.2, -0.15) is 0 Å². The molecule has 0 N–H and O–H groups in total. The van der Waals surface area contributed by atoms with Gasteiger partial charge in [-0.3, -0.25) is 0 Å². The Morgan fingerprint density at radius 1 is 1.08 bits per heavy atom. The molecule has 25 heavy (non-hydrogen) atoms. The largest absolute Gasteiger partial charge is 0.493 e. The highest BCUT2D eigenvalue weighted by Crippen LogP contribution is 2.29. The first kappa shape index (κ1) is 19.2. The third kappa shape index (κ3) is 5.71. The lowest BCUT2D eigenvalue weighted by atomic mass is 10.1. The van der Waals surface area contributed by atoms with E-state index in [1.54, 1.807) is 14.2 Å². The summed E-state index contributed by atoms with van der Waals surface area (Å²) in [5.41, 5.74) is 2.14. The van der Waals surface area contributed by atoms with E-state index in [-0.39, 0.29) is 6.10 Å². The number of rotatable bonds is 10. The maximum atomic E-state index is 5.97. The molecule has 5 nitrogen and oxygen atoms in total. The Kier molecular flexibility index (Phi) is 7.67. The third-order valence-corrected chi connectivity index (χ3v) is 4.08. The van der Waals surface area contributed by atoms with Gasteiger partial charge in [-0.15, -0.1) is 0 Å². The minimum atomic E-state index is 0.0860. The second kappa shape index (κ2) is 9.99. The molecule has 5 heteroatoms. The van der Waals surface area contributed by atoms with E-state index in [0.717, 1.165) is 47.8 Å². The Balaban J connectivity index is 2.12. The molecule has 0 saturated carbocycles. The second-order valence-electron chi connectivity index (χ2n) is 5.94. The summed E-state index contributed by atoms with van der Waals surface area (Å²) in [5, 5.41) is 0. The van der Waals surface area contributed by atoms with E-state index in [4.69, 9.17) is 14.2 Å². The number of hydrogen-bond donors (Lipinski definition) is 0. The zero-order chi connectivity index (χ0) is 18.1. The molecule has 0 bridgehead atoms. The lowest BCUT2D eigenvalue weighted by molar-refractivity contribution is 0.0507. The van der Waals surface area contributed by atoms with Crippen LogP contribution in [0.3, 0.4) is 0 Å². The molecule has 0 saturated heterocycles. The Hall–Kier alpha value is -2.14. The van der Waals surface area contributed by atoms with E-state index in [9.17, 15) is 0 Å². The van der Waals surface area contributed by atoms with Crippen molar-refractivity contribution >= 4 is 0 Å². The Bertz CT molecular complexity index is 661. The highest BCUT2D eigenvalue weighted by atomic mass is 16.5. The molecule has 0 unspecified atom stereocenters. The molecule has 136 valence electrons. The third-order valence-electron chi connectivity index (χ3n) is 4.08. The van der Waals surface area contributed by atoms with Crippen molar-refractivity contribution in [2.75, 3.05) is 20.8 Å². The Morgan fingerprint density at radius 2 is 1.92 bits per heavy atom. The molecule has 0 aliphatic carbocycles. The maximum Gasteiger partial charge on any atom is 0.161 e. The molecule has 2 aromatic rings.